The van der Waals surface area contributed by atoms with Crippen LogP contribution < -0.4 is 5.43 Å². The van der Waals surface area contributed by atoms with Crippen LogP contribution in [-0.2, 0) is 0 Å². The van der Waals surface area contributed by atoms with Gasteiger partial charge in [-0.3, -0.25) is 5.43 Å². The van der Waals surface area contributed by atoms with Crippen molar-refractivity contribution >= 4 is 46.2 Å². The molecule has 0 bridgehead atoms. The van der Waals surface area contributed by atoms with Crippen LogP contribution in [0.15, 0.2) is 17.2 Å². The van der Waals surface area contributed by atoms with E-state index in [1.165, 1.54) is 0 Å². The molecule has 0 radical (unpaired) electrons. The third-order valence-electron chi connectivity index (χ3n) is 2.15. The lowest BCUT2D eigenvalue weighted by molar-refractivity contribution is 1.12. The third-order valence-corrected chi connectivity index (χ3v) is 2.96. The number of nitrogens with zero attached hydrogens (tertiary/aromatic N) is 1. The molecule has 1 aromatic carbocycles. The Hall–Kier alpha value is -0.440. The maximum Gasteiger partial charge on any atom is 0.0935 e. The molecule has 16 heavy (non-hydrogen) atoms. The molecule has 0 unspecified atom stereocenters. The maximum atomic E-state index is 6.00. The normalized spacial score (nSPS) is 10.1. The summed E-state index contributed by atoms with van der Waals surface area (Å²) in [4.78, 5) is 0. The van der Waals surface area contributed by atoms with Crippen LogP contribution in [0.25, 0.3) is 0 Å². The molecular formula is C11H13Cl3N2. The van der Waals surface area contributed by atoms with E-state index in [-0.39, 0.29) is 0 Å². The number of benzene rings is 1. The molecule has 0 aliphatic heterocycles. The van der Waals surface area contributed by atoms with Gasteiger partial charge in [-0.05, 0) is 25.0 Å². The van der Waals surface area contributed by atoms with E-state index in [2.05, 4.69) is 24.4 Å². The first-order valence-electron chi connectivity index (χ1n) is 5.04. The van der Waals surface area contributed by atoms with Gasteiger partial charge in [0, 0.05) is 10.7 Å². The second-order valence-electron chi connectivity index (χ2n) is 3.24. The zero-order chi connectivity index (χ0) is 12.1. The van der Waals surface area contributed by atoms with Crippen molar-refractivity contribution in [2.75, 3.05) is 5.43 Å². The molecule has 0 heterocycles. The number of nitrogens with one attached hydrogen (secondary N) is 1. The molecule has 2 nitrogen and oxygen atoms in total. The summed E-state index contributed by atoms with van der Waals surface area (Å²) < 4.78 is 0. The highest BCUT2D eigenvalue weighted by molar-refractivity contribution is 6.41. The summed E-state index contributed by atoms with van der Waals surface area (Å²) in [7, 11) is 0. The summed E-state index contributed by atoms with van der Waals surface area (Å²) in [5, 5.41) is 5.68. The predicted molar refractivity (Wildman–Crippen MR) is 73.1 cm³/mol. The zero-order valence-electron chi connectivity index (χ0n) is 9.15. The van der Waals surface area contributed by atoms with Crippen molar-refractivity contribution in [1.29, 1.82) is 0 Å². The smallest absolute Gasteiger partial charge is 0.0935 e. The van der Waals surface area contributed by atoms with Crippen LogP contribution in [0.3, 0.4) is 0 Å². The minimum Gasteiger partial charge on any atom is -0.276 e. The zero-order valence-corrected chi connectivity index (χ0v) is 11.4. The Kier molecular flexibility index (Phi) is 5.39. The van der Waals surface area contributed by atoms with Gasteiger partial charge in [0.25, 0.3) is 0 Å². The second-order valence-corrected chi connectivity index (χ2v) is 4.49. The van der Waals surface area contributed by atoms with Crippen LogP contribution >= 0.6 is 34.8 Å². The molecule has 0 saturated heterocycles. The van der Waals surface area contributed by atoms with Crippen molar-refractivity contribution in [3.63, 3.8) is 0 Å². The van der Waals surface area contributed by atoms with Crippen LogP contribution in [0.4, 0.5) is 5.69 Å². The standard InChI is InChI=1S/C11H13Cl3N2/c1-3-8(4-2)15-16-11-9(13)5-7(12)6-10(11)14/h5-6,16H,3-4H2,1-2H3. The SMILES string of the molecule is CCC(CC)=NNc1c(Cl)cc(Cl)cc1Cl. The molecule has 1 N–H and O–H groups in total. The number of rotatable bonds is 4. The van der Waals surface area contributed by atoms with E-state index in [1.807, 2.05) is 0 Å². The van der Waals surface area contributed by atoms with E-state index < -0.39 is 0 Å². The van der Waals surface area contributed by atoms with Crippen LogP contribution in [0.1, 0.15) is 26.7 Å². The number of hydrogen-bond acceptors (Lipinski definition) is 2. The molecule has 0 spiro atoms. The summed E-state index contributed by atoms with van der Waals surface area (Å²) in [6.07, 6.45) is 1.79. The molecule has 1 rings (SSSR count). The summed E-state index contributed by atoms with van der Waals surface area (Å²) in [6.45, 7) is 4.10. The summed E-state index contributed by atoms with van der Waals surface area (Å²) in [5.74, 6) is 0. The Morgan fingerprint density at radius 2 is 1.62 bits per heavy atom. The summed E-state index contributed by atoms with van der Waals surface area (Å²) in [5.41, 5.74) is 4.52. The molecule has 88 valence electrons. The molecule has 0 saturated carbocycles. The van der Waals surface area contributed by atoms with Crippen LogP contribution in [-0.4, -0.2) is 5.71 Å². The Morgan fingerprint density at radius 3 is 2.06 bits per heavy atom. The quantitative estimate of drug-likeness (QED) is 0.592. The Bertz CT molecular complexity index is 373. The Balaban J connectivity index is 2.93. The van der Waals surface area contributed by atoms with Gasteiger partial charge in [-0.2, -0.15) is 5.10 Å². The van der Waals surface area contributed by atoms with Gasteiger partial charge in [0.1, 0.15) is 0 Å². The van der Waals surface area contributed by atoms with Crippen molar-refractivity contribution in [3.05, 3.63) is 27.2 Å². The Morgan fingerprint density at radius 1 is 1.12 bits per heavy atom. The van der Waals surface area contributed by atoms with Gasteiger partial charge < -0.3 is 0 Å². The van der Waals surface area contributed by atoms with E-state index in [0.717, 1.165) is 18.6 Å². The average Bonchev–Trinajstić information content (AvgIpc) is 2.22. The van der Waals surface area contributed by atoms with Gasteiger partial charge in [-0.1, -0.05) is 48.7 Å². The second kappa shape index (κ2) is 6.33. The van der Waals surface area contributed by atoms with E-state index in [0.29, 0.717) is 20.8 Å². The van der Waals surface area contributed by atoms with Gasteiger partial charge in [0.15, 0.2) is 0 Å². The molecule has 1 aromatic rings. The van der Waals surface area contributed by atoms with Gasteiger partial charge in [0.05, 0.1) is 15.7 Å². The van der Waals surface area contributed by atoms with Crippen LogP contribution in [0, 0.1) is 0 Å². The van der Waals surface area contributed by atoms with Crippen molar-refractivity contribution in [2.24, 2.45) is 5.10 Å². The summed E-state index contributed by atoms with van der Waals surface area (Å²) in [6, 6.07) is 3.26. The fourth-order valence-corrected chi connectivity index (χ4v) is 2.09. The van der Waals surface area contributed by atoms with Crippen LogP contribution in [0.5, 0.6) is 0 Å². The van der Waals surface area contributed by atoms with Gasteiger partial charge in [-0.25, -0.2) is 0 Å². The molecule has 0 atom stereocenters. The minimum atomic E-state index is 0.466. The third kappa shape index (κ3) is 3.55. The summed E-state index contributed by atoms with van der Waals surface area (Å²) >= 11 is 17.8. The molecule has 0 aliphatic carbocycles. The van der Waals surface area contributed by atoms with E-state index in [1.54, 1.807) is 12.1 Å². The lowest BCUT2D eigenvalue weighted by Crippen LogP contribution is -2.00. The Labute approximate surface area is 111 Å². The van der Waals surface area contributed by atoms with Crippen molar-refractivity contribution in [3.8, 4) is 0 Å². The van der Waals surface area contributed by atoms with E-state index in [9.17, 15) is 0 Å². The monoisotopic (exact) mass is 278 g/mol. The van der Waals surface area contributed by atoms with Crippen molar-refractivity contribution in [1.82, 2.24) is 0 Å². The molecule has 5 heteroatoms. The van der Waals surface area contributed by atoms with E-state index >= 15 is 0 Å². The average molecular weight is 280 g/mol. The molecular weight excluding hydrogens is 266 g/mol. The van der Waals surface area contributed by atoms with Crippen LogP contribution in [0.2, 0.25) is 15.1 Å². The number of hydrazone groups is 1. The number of halogens is 3. The van der Waals surface area contributed by atoms with Gasteiger partial charge in [-0.15, -0.1) is 0 Å². The topological polar surface area (TPSA) is 24.4 Å². The first kappa shape index (κ1) is 13.6. The maximum absolute atomic E-state index is 6.00. The van der Waals surface area contributed by atoms with Gasteiger partial charge in [0.2, 0.25) is 0 Å². The highest BCUT2D eigenvalue weighted by Gasteiger charge is 2.06. The molecule has 0 aliphatic rings. The first-order valence-corrected chi connectivity index (χ1v) is 6.17. The van der Waals surface area contributed by atoms with Crippen molar-refractivity contribution < 1.29 is 0 Å². The highest BCUT2D eigenvalue weighted by atomic mass is 35.5. The molecule has 0 aromatic heterocycles. The first-order chi connectivity index (χ1) is 7.58. The fourth-order valence-electron chi connectivity index (χ4n) is 1.19. The van der Waals surface area contributed by atoms with E-state index in [4.69, 9.17) is 34.8 Å². The van der Waals surface area contributed by atoms with Crippen molar-refractivity contribution in [2.45, 2.75) is 26.7 Å². The van der Waals surface area contributed by atoms with Gasteiger partial charge >= 0.3 is 0 Å². The predicted octanol–water partition coefficient (Wildman–Crippen LogP) is 5.23. The fraction of sp³-hybridized carbons (Fsp3) is 0.364. The lowest BCUT2D eigenvalue weighted by Gasteiger charge is -2.08. The lowest BCUT2D eigenvalue weighted by atomic mass is 10.2. The number of anilines is 1. The number of hydrogen-bond donors (Lipinski definition) is 1. The minimum absolute atomic E-state index is 0.466. The highest BCUT2D eigenvalue weighted by Crippen LogP contribution is 2.33. The molecule has 0 amide bonds. The molecule has 0 fully saturated rings. The largest absolute Gasteiger partial charge is 0.276 e.